The largest absolute Gasteiger partial charge is 0.467 e. The van der Waals surface area contributed by atoms with Crippen LogP contribution in [0.15, 0.2) is 60.7 Å². The number of rotatable bonds is 7. The normalized spacial score (nSPS) is 14.8. The number of ether oxygens (including phenoxy) is 1. The Morgan fingerprint density at radius 2 is 1.52 bits per heavy atom. The monoisotopic (exact) mass is 337 g/mol. The molecule has 1 atom stereocenters. The summed E-state index contributed by atoms with van der Waals surface area (Å²) in [6.07, 6.45) is 2.88. The van der Waals surface area contributed by atoms with Crippen molar-refractivity contribution >= 4 is 11.9 Å². The number of nitrogens with one attached hydrogen (secondary N) is 1. The highest BCUT2D eigenvalue weighted by atomic mass is 16.5. The molecule has 1 aliphatic rings. The smallest absolute Gasteiger partial charge is 0.328 e. The fourth-order valence-corrected chi connectivity index (χ4v) is 3.08. The molecule has 0 spiro atoms. The lowest BCUT2D eigenvalue weighted by atomic mass is 9.90. The molecule has 0 heterocycles. The fourth-order valence-electron chi connectivity index (χ4n) is 3.08. The number of benzene rings is 2. The lowest BCUT2D eigenvalue weighted by Gasteiger charge is -2.22. The van der Waals surface area contributed by atoms with Gasteiger partial charge in [0.1, 0.15) is 6.04 Å². The summed E-state index contributed by atoms with van der Waals surface area (Å²) in [6.45, 7) is 0. The second-order valence-corrected chi connectivity index (χ2v) is 6.52. The second-order valence-electron chi connectivity index (χ2n) is 6.52. The molecule has 2 aromatic rings. The molecule has 4 heteroatoms. The van der Waals surface area contributed by atoms with E-state index in [1.165, 1.54) is 7.11 Å². The van der Waals surface area contributed by atoms with Crippen molar-refractivity contribution in [3.63, 3.8) is 0 Å². The Kier molecular flexibility index (Phi) is 5.49. The molecule has 1 aliphatic carbocycles. The summed E-state index contributed by atoms with van der Waals surface area (Å²) in [7, 11) is 1.36. The number of hydrogen-bond donors (Lipinski definition) is 1. The SMILES string of the molecule is COC(=O)[C@H](CC1CC1)NC(=O)C(c1ccccc1)c1ccccc1. The number of amides is 1. The van der Waals surface area contributed by atoms with Gasteiger partial charge in [0.15, 0.2) is 0 Å². The molecule has 0 unspecified atom stereocenters. The van der Waals surface area contributed by atoms with Crippen LogP contribution in [-0.4, -0.2) is 25.0 Å². The van der Waals surface area contributed by atoms with Gasteiger partial charge in [0.25, 0.3) is 0 Å². The molecule has 0 radical (unpaired) electrons. The van der Waals surface area contributed by atoms with Crippen molar-refractivity contribution < 1.29 is 14.3 Å². The van der Waals surface area contributed by atoms with E-state index in [1.54, 1.807) is 0 Å². The summed E-state index contributed by atoms with van der Waals surface area (Å²) in [4.78, 5) is 25.1. The van der Waals surface area contributed by atoms with Crippen molar-refractivity contribution in [2.75, 3.05) is 7.11 Å². The maximum atomic E-state index is 13.1. The van der Waals surface area contributed by atoms with Crippen LogP contribution in [0.1, 0.15) is 36.3 Å². The predicted octanol–water partition coefficient (Wildman–Crippen LogP) is 3.28. The van der Waals surface area contributed by atoms with E-state index in [0.717, 1.165) is 24.0 Å². The topological polar surface area (TPSA) is 55.4 Å². The lowest BCUT2D eigenvalue weighted by Crippen LogP contribution is -2.44. The van der Waals surface area contributed by atoms with Gasteiger partial charge in [-0.05, 0) is 23.5 Å². The van der Waals surface area contributed by atoms with Gasteiger partial charge < -0.3 is 10.1 Å². The van der Waals surface area contributed by atoms with Gasteiger partial charge in [-0.2, -0.15) is 0 Å². The van der Waals surface area contributed by atoms with Crippen LogP contribution >= 0.6 is 0 Å². The molecule has 130 valence electrons. The van der Waals surface area contributed by atoms with Gasteiger partial charge in [0.05, 0.1) is 13.0 Å². The number of carbonyl (C=O) groups excluding carboxylic acids is 2. The summed E-state index contributed by atoms with van der Waals surface area (Å²) in [5.74, 6) is -0.487. The number of hydrogen-bond acceptors (Lipinski definition) is 3. The molecule has 2 aromatic carbocycles. The summed E-state index contributed by atoms with van der Waals surface area (Å²) in [5.41, 5.74) is 1.81. The van der Waals surface area contributed by atoms with Crippen molar-refractivity contribution in [1.82, 2.24) is 5.32 Å². The molecule has 1 fully saturated rings. The first-order valence-electron chi connectivity index (χ1n) is 8.67. The highest BCUT2D eigenvalue weighted by Gasteiger charge is 2.33. The van der Waals surface area contributed by atoms with Crippen LogP contribution in [0.25, 0.3) is 0 Å². The van der Waals surface area contributed by atoms with Gasteiger partial charge in [-0.3, -0.25) is 4.79 Å². The quantitative estimate of drug-likeness (QED) is 0.789. The number of carbonyl (C=O) groups is 2. The van der Waals surface area contributed by atoms with Crippen molar-refractivity contribution in [3.05, 3.63) is 71.8 Å². The van der Waals surface area contributed by atoms with Crippen LogP contribution in [-0.2, 0) is 14.3 Å². The summed E-state index contributed by atoms with van der Waals surface area (Å²) >= 11 is 0. The average Bonchev–Trinajstić information content (AvgIpc) is 3.46. The van der Waals surface area contributed by atoms with Gasteiger partial charge in [-0.25, -0.2) is 4.79 Å². The maximum absolute atomic E-state index is 13.1. The molecule has 0 aliphatic heterocycles. The zero-order valence-corrected chi connectivity index (χ0v) is 14.4. The third-order valence-electron chi connectivity index (χ3n) is 4.60. The maximum Gasteiger partial charge on any atom is 0.328 e. The van der Waals surface area contributed by atoms with Gasteiger partial charge >= 0.3 is 5.97 Å². The molecular formula is C21H23NO3. The van der Waals surface area contributed by atoms with Crippen LogP contribution in [0.5, 0.6) is 0 Å². The molecule has 0 aromatic heterocycles. The minimum absolute atomic E-state index is 0.173. The predicted molar refractivity (Wildman–Crippen MR) is 96.0 cm³/mol. The first kappa shape index (κ1) is 17.2. The molecule has 4 nitrogen and oxygen atoms in total. The van der Waals surface area contributed by atoms with Crippen LogP contribution < -0.4 is 5.32 Å². The first-order valence-corrected chi connectivity index (χ1v) is 8.67. The Bertz CT molecular complexity index is 671. The fraction of sp³-hybridized carbons (Fsp3) is 0.333. The van der Waals surface area contributed by atoms with E-state index in [4.69, 9.17) is 4.74 Å². The van der Waals surface area contributed by atoms with Crippen LogP contribution in [0.4, 0.5) is 0 Å². The standard InChI is InChI=1S/C21H23NO3/c1-25-21(24)18(14-15-12-13-15)22-20(23)19(16-8-4-2-5-9-16)17-10-6-3-7-11-17/h2-11,15,18-19H,12-14H2,1H3,(H,22,23)/t18-/m0/s1. The molecule has 1 N–H and O–H groups in total. The van der Waals surface area contributed by atoms with E-state index < -0.39 is 12.0 Å². The molecule has 25 heavy (non-hydrogen) atoms. The van der Waals surface area contributed by atoms with Crippen molar-refractivity contribution in [3.8, 4) is 0 Å². The Morgan fingerprint density at radius 1 is 1.00 bits per heavy atom. The minimum Gasteiger partial charge on any atom is -0.467 e. The average molecular weight is 337 g/mol. The van der Waals surface area contributed by atoms with E-state index >= 15 is 0 Å². The van der Waals surface area contributed by atoms with Crippen LogP contribution in [0, 0.1) is 5.92 Å². The molecule has 0 bridgehead atoms. The van der Waals surface area contributed by atoms with Gasteiger partial charge in [-0.15, -0.1) is 0 Å². The zero-order valence-electron chi connectivity index (χ0n) is 14.4. The van der Waals surface area contributed by atoms with E-state index in [2.05, 4.69) is 5.32 Å². The molecule has 3 rings (SSSR count). The van der Waals surface area contributed by atoms with E-state index in [0.29, 0.717) is 12.3 Å². The summed E-state index contributed by atoms with van der Waals surface area (Å²) in [6, 6.07) is 18.7. The Hall–Kier alpha value is -2.62. The van der Waals surface area contributed by atoms with Gasteiger partial charge in [-0.1, -0.05) is 73.5 Å². The Morgan fingerprint density at radius 3 is 1.96 bits per heavy atom. The van der Waals surface area contributed by atoms with Crippen molar-refractivity contribution in [2.24, 2.45) is 5.92 Å². The van der Waals surface area contributed by atoms with Gasteiger partial charge in [0, 0.05) is 0 Å². The molecule has 1 amide bonds. The summed E-state index contributed by atoms with van der Waals surface area (Å²) < 4.78 is 4.88. The van der Waals surface area contributed by atoms with E-state index in [1.807, 2.05) is 60.7 Å². The Labute approximate surface area is 148 Å². The number of methoxy groups -OCH3 is 1. The van der Waals surface area contributed by atoms with Crippen molar-refractivity contribution in [1.29, 1.82) is 0 Å². The molecule has 0 saturated heterocycles. The van der Waals surface area contributed by atoms with E-state index in [-0.39, 0.29) is 11.9 Å². The summed E-state index contributed by atoms with van der Waals surface area (Å²) in [5, 5.41) is 2.92. The first-order chi connectivity index (χ1) is 12.2. The highest BCUT2D eigenvalue weighted by molar-refractivity contribution is 5.91. The van der Waals surface area contributed by atoms with Crippen LogP contribution in [0.3, 0.4) is 0 Å². The minimum atomic E-state index is -0.583. The lowest BCUT2D eigenvalue weighted by molar-refractivity contribution is -0.145. The van der Waals surface area contributed by atoms with Crippen molar-refractivity contribution in [2.45, 2.75) is 31.2 Å². The molecule has 1 saturated carbocycles. The van der Waals surface area contributed by atoms with E-state index in [9.17, 15) is 9.59 Å². The Balaban J connectivity index is 1.84. The zero-order chi connectivity index (χ0) is 17.6. The third kappa shape index (κ3) is 4.47. The highest BCUT2D eigenvalue weighted by Crippen LogP contribution is 2.34. The second kappa shape index (κ2) is 7.97. The number of esters is 1. The third-order valence-corrected chi connectivity index (χ3v) is 4.60. The molecular weight excluding hydrogens is 314 g/mol. The van der Waals surface area contributed by atoms with Crippen LogP contribution in [0.2, 0.25) is 0 Å². The van der Waals surface area contributed by atoms with Gasteiger partial charge in [0.2, 0.25) is 5.91 Å².